The summed E-state index contributed by atoms with van der Waals surface area (Å²) in [6, 6.07) is 9.03. The summed E-state index contributed by atoms with van der Waals surface area (Å²) in [7, 11) is 0. The molecular weight excluding hydrogens is 454 g/mol. The standard InChI is InChI=1S/C24H26F2N8O/c1-16-12-29-24(32-22(16)17-2-4-18(5-3-17)23(35)28-9-8-27)31-19-13-30-34(14-19)20-6-10-33(11-7-20)15-21(25)26/h2-5,12-14,20-21H,6-7,9-11,15H2,1H3,(H,28,35)(H,29,31,32). The number of nitriles is 1. The zero-order valence-electron chi connectivity index (χ0n) is 19.3. The second-order valence-electron chi connectivity index (χ2n) is 8.40. The molecule has 182 valence electrons. The molecule has 3 aromatic rings. The average molecular weight is 481 g/mol. The Bertz CT molecular complexity index is 1200. The van der Waals surface area contributed by atoms with Crippen LogP contribution >= 0.6 is 0 Å². The highest BCUT2D eigenvalue weighted by Gasteiger charge is 2.23. The van der Waals surface area contributed by atoms with Gasteiger partial charge in [-0.3, -0.25) is 14.4 Å². The van der Waals surface area contributed by atoms with Crippen molar-refractivity contribution < 1.29 is 13.6 Å². The summed E-state index contributed by atoms with van der Waals surface area (Å²) in [5, 5.41) is 18.7. The van der Waals surface area contributed by atoms with Gasteiger partial charge in [0.1, 0.15) is 6.54 Å². The maximum Gasteiger partial charge on any atom is 0.252 e. The molecule has 1 amide bonds. The molecule has 1 aliphatic heterocycles. The minimum absolute atomic E-state index is 0.0465. The number of piperidine rings is 1. The van der Waals surface area contributed by atoms with Gasteiger partial charge < -0.3 is 10.6 Å². The van der Waals surface area contributed by atoms with E-state index in [0.717, 1.165) is 35.3 Å². The molecule has 0 radical (unpaired) electrons. The van der Waals surface area contributed by atoms with Crippen molar-refractivity contribution in [3.63, 3.8) is 0 Å². The van der Waals surface area contributed by atoms with E-state index in [1.165, 1.54) is 0 Å². The Kier molecular flexibility index (Phi) is 7.62. The van der Waals surface area contributed by atoms with Crippen LogP contribution < -0.4 is 10.6 Å². The predicted molar refractivity (Wildman–Crippen MR) is 126 cm³/mol. The SMILES string of the molecule is Cc1cnc(Nc2cnn(C3CCN(CC(F)F)CC3)c2)nc1-c1ccc(C(=O)NCC#N)cc1. The van der Waals surface area contributed by atoms with Crippen molar-refractivity contribution >= 4 is 17.5 Å². The number of halogens is 2. The summed E-state index contributed by atoms with van der Waals surface area (Å²) in [5.41, 5.74) is 3.63. The van der Waals surface area contributed by atoms with Crippen molar-refractivity contribution in [1.82, 2.24) is 30.0 Å². The van der Waals surface area contributed by atoms with Crippen molar-refractivity contribution in [2.45, 2.75) is 32.2 Å². The minimum atomic E-state index is -2.31. The minimum Gasteiger partial charge on any atom is -0.339 e. The molecule has 0 bridgehead atoms. The maximum absolute atomic E-state index is 12.6. The Labute approximate surface area is 201 Å². The molecule has 3 heterocycles. The van der Waals surface area contributed by atoms with E-state index in [2.05, 4.69) is 25.7 Å². The molecule has 0 atom stereocenters. The van der Waals surface area contributed by atoms with Crippen molar-refractivity contribution in [3.05, 3.63) is 54.0 Å². The number of amides is 1. The van der Waals surface area contributed by atoms with Gasteiger partial charge in [-0.05, 0) is 37.5 Å². The molecular formula is C24H26F2N8O. The molecule has 0 aliphatic carbocycles. The number of alkyl halides is 2. The van der Waals surface area contributed by atoms with Crippen LogP contribution in [-0.2, 0) is 0 Å². The van der Waals surface area contributed by atoms with Crippen molar-refractivity contribution in [2.24, 2.45) is 0 Å². The first-order valence-corrected chi connectivity index (χ1v) is 11.3. The fourth-order valence-electron chi connectivity index (χ4n) is 4.09. The normalized spacial score (nSPS) is 14.6. The second-order valence-corrected chi connectivity index (χ2v) is 8.40. The van der Waals surface area contributed by atoms with E-state index in [1.807, 2.05) is 23.9 Å². The van der Waals surface area contributed by atoms with Gasteiger partial charge in [0.25, 0.3) is 12.3 Å². The Balaban J connectivity index is 1.41. The summed E-state index contributed by atoms with van der Waals surface area (Å²) in [4.78, 5) is 22.8. The first kappa shape index (κ1) is 24.2. The maximum atomic E-state index is 12.6. The van der Waals surface area contributed by atoms with Gasteiger partial charge in [0.2, 0.25) is 5.95 Å². The van der Waals surface area contributed by atoms with Crippen molar-refractivity contribution in [1.29, 1.82) is 5.26 Å². The third-order valence-corrected chi connectivity index (χ3v) is 5.91. The highest BCUT2D eigenvalue weighted by molar-refractivity contribution is 5.94. The fraction of sp³-hybridized carbons (Fsp3) is 0.375. The largest absolute Gasteiger partial charge is 0.339 e. The molecule has 1 fully saturated rings. The van der Waals surface area contributed by atoms with Crippen LogP contribution in [0.2, 0.25) is 0 Å². The Morgan fingerprint density at radius 2 is 1.97 bits per heavy atom. The molecule has 11 heteroatoms. The first-order chi connectivity index (χ1) is 16.9. The van der Waals surface area contributed by atoms with Gasteiger partial charge in [-0.25, -0.2) is 18.7 Å². The first-order valence-electron chi connectivity index (χ1n) is 11.3. The van der Waals surface area contributed by atoms with Crippen LogP contribution in [0.4, 0.5) is 20.4 Å². The molecule has 9 nitrogen and oxygen atoms in total. The van der Waals surface area contributed by atoms with Gasteiger partial charge >= 0.3 is 0 Å². The number of aromatic nitrogens is 4. The number of benzene rings is 1. The molecule has 1 aromatic carbocycles. The number of hydrogen-bond donors (Lipinski definition) is 2. The predicted octanol–water partition coefficient (Wildman–Crippen LogP) is 3.55. The number of carbonyl (C=O) groups is 1. The second kappa shape index (κ2) is 11.0. The van der Waals surface area contributed by atoms with Gasteiger partial charge in [-0.1, -0.05) is 12.1 Å². The number of rotatable bonds is 8. The summed E-state index contributed by atoms with van der Waals surface area (Å²) in [5.74, 6) is 0.101. The zero-order chi connectivity index (χ0) is 24.8. The lowest BCUT2D eigenvalue weighted by molar-refractivity contribution is 0.0690. The number of nitrogens with zero attached hydrogens (tertiary/aromatic N) is 6. The van der Waals surface area contributed by atoms with Gasteiger partial charge in [0, 0.05) is 36.6 Å². The van der Waals surface area contributed by atoms with E-state index in [-0.39, 0.29) is 25.0 Å². The third kappa shape index (κ3) is 6.16. The summed E-state index contributed by atoms with van der Waals surface area (Å²) in [6.45, 7) is 2.94. The lowest BCUT2D eigenvalue weighted by Gasteiger charge is -2.31. The number of likely N-dealkylation sites (tertiary alicyclic amines) is 1. The smallest absolute Gasteiger partial charge is 0.252 e. The lowest BCUT2D eigenvalue weighted by atomic mass is 10.1. The molecule has 0 spiro atoms. The van der Waals surface area contributed by atoms with E-state index in [0.29, 0.717) is 24.6 Å². The van der Waals surface area contributed by atoms with E-state index >= 15 is 0 Å². The van der Waals surface area contributed by atoms with Crippen LogP contribution in [0.5, 0.6) is 0 Å². The summed E-state index contributed by atoms with van der Waals surface area (Å²) >= 11 is 0. The lowest BCUT2D eigenvalue weighted by Crippen LogP contribution is -2.37. The molecule has 1 aliphatic rings. The van der Waals surface area contributed by atoms with Crippen LogP contribution in [0.1, 0.15) is 34.8 Å². The van der Waals surface area contributed by atoms with Crippen LogP contribution in [-0.4, -0.2) is 63.2 Å². The van der Waals surface area contributed by atoms with Gasteiger partial charge in [-0.15, -0.1) is 0 Å². The molecule has 1 saturated heterocycles. The van der Waals surface area contributed by atoms with Crippen molar-refractivity contribution in [3.8, 4) is 17.3 Å². The average Bonchev–Trinajstić information content (AvgIpc) is 3.32. The summed E-state index contributed by atoms with van der Waals surface area (Å²) < 4.78 is 27.1. The molecule has 4 rings (SSSR count). The number of carbonyl (C=O) groups excluding carboxylic acids is 1. The van der Waals surface area contributed by atoms with Crippen LogP contribution in [0.3, 0.4) is 0 Å². The van der Waals surface area contributed by atoms with Gasteiger partial charge in [0.05, 0.1) is 36.2 Å². The van der Waals surface area contributed by atoms with Gasteiger partial charge in [0.15, 0.2) is 0 Å². The Morgan fingerprint density at radius 3 is 2.66 bits per heavy atom. The van der Waals surface area contributed by atoms with E-state index in [9.17, 15) is 13.6 Å². The van der Waals surface area contributed by atoms with E-state index in [1.54, 1.807) is 41.6 Å². The quantitative estimate of drug-likeness (QED) is 0.474. The molecule has 35 heavy (non-hydrogen) atoms. The molecule has 0 unspecified atom stereocenters. The molecule has 2 aromatic heterocycles. The zero-order valence-corrected chi connectivity index (χ0v) is 19.3. The van der Waals surface area contributed by atoms with Crippen LogP contribution in [0.25, 0.3) is 11.3 Å². The van der Waals surface area contributed by atoms with Crippen molar-refractivity contribution in [2.75, 3.05) is 31.5 Å². The van der Waals surface area contributed by atoms with Crippen LogP contribution in [0, 0.1) is 18.3 Å². The Hall–Kier alpha value is -3.91. The molecule has 2 N–H and O–H groups in total. The topological polar surface area (TPSA) is 112 Å². The Morgan fingerprint density at radius 1 is 1.23 bits per heavy atom. The number of aryl methyl sites for hydroxylation is 1. The summed E-state index contributed by atoms with van der Waals surface area (Å²) in [6.07, 6.45) is 4.53. The van der Waals surface area contributed by atoms with E-state index in [4.69, 9.17) is 5.26 Å². The highest BCUT2D eigenvalue weighted by Crippen LogP contribution is 2.26. The van der Waals surface area contributed by atoms with Gasteiger partial charge in [-0.2, -0.15) is 10.4 Å². The van der Waals surface area contributed by atoms with Crippen LogP contribution in [0.15, 0.2) is 42.9 Å². The number of nitrogens with one attached hydrogen (secondary N) is 2. The monoisotopic (exact) mass is 480 g/mol. The third-order valence-electron chi connectivity index (χ3n) is 5.91. The van der Waals surface area contributed by atoms with E-state index < -0.39 is 6.43 Å². The number of hydrogen-bond acceptors (Lipinski definition) is 7. The number of anilines is 2. The molecule has 0 saturated carbocycles. The fourth-order valence-corrected chi connectivity index (χ4v) is 4.09. The highest BCUT2D eigenvalue weighted by atomic mass is 19.3.